The molecular formula is C14H8ClF3O. The normalized spacial score (nSPS) is 12.2. The van der Waals surface area contributed by atoms with Crippen LogP contribution in [-0.2, 0) is 0 Å². The molecule has 0 radical (unpaired) electrons. The van der Waals surface area contributed by atoms with E-state index in [-0.39, 0.29) is 5.56 Å². The van der Waals surface area contributed by atoms with Crippen molar-refractivity contribution < 1.29 is 18.0 Å². The van der Waals surface area contributed by atoms with Gasteiger partial charge in [-0.3, -0.25) is 4.79 Å². The topological polar surface area (TPSA) is 17.1 Å². The second-order valence-electron chi connectivity index (χ2n) is 3.91. The van der Waals surface area contributed by atoms with Crippen LogP contribution in [0.4, 0.5) is 13.2 Å². The molecule has 1 atom stereocenters. The van der Waals surface area contributed by atoms with Crippen LogP contribution in [-0.4, -0.2) is 5.78 Å². The van der Waals surface area contributed by atoms with Gasteiger partial charge in [0.2, 0.25) is 0 Å². The summed E-state index contributed by atoms with van der Waals surface area (Å²) in [6.07, 6.45) is 0. The van der Waals surface area contributed by atoms with Crippen LogP contribution >= 0.6 is 11.6 Å². The van der Waals surface area contributed by atoms with Crippen molar-refractivity contribution in [1.29, 1.82) is 0 Å². The number of hydrogen-bond donors (Lipinski definition) is 0. The number of Topliss-reactive ketones (excluding diaryl/α,β-unsaturated/α-hetero) is 1. The van der Waals surface area contributed by atoms with Crippen molar-refractivity contribution in [2.75, 3.05) is 0 Å². The summed E-state index contributed by atoms with van der Waals surface area (Å²) < 4.78 is 38.6. The minimum absolute atomic E-state index is 0.0387. The Hall–Kier alpha value is -1.81. The summed E-state index contributed by atoms with van der Waals surface area (Å²) in [4.78, 5) is 12.0. The summed E-state index contributed by atoms with van der Waals surface area (Å²) in [7, 11) is 0. The third kappa shape index (κ3) is 2.96. The molecule has 2 aromatic carbocycles. The molecule has 0 aliphatic carbocycles. The van der Waals surface area contributed by atoms with Gasteiger partial charge in [0.05, 0.1) is 0 Å². The van der Waals surface area contributed by atoms with Crippen molar-refractivity contribution in [2.45, 2.75) is 5.38 Å². The Labute approximate surface area is 112 Å². The van der Waals surface area contributed by atoms with E-state index in [0.29, 0.717) is 5.56 Å². The molecule has 0 heterocycles. The number of rotatable bonds is 3. The van der Waals surface area contributed by atoms with E-state index < -0.39 is 28.6 Å². The Kier molecular flexibility index (Phi) is 3.90. The average molecular weight is 285 g/mol. The van der Waals surface area contributed by atoms with Gasteiger partial charge in [-0.25, -0.2) is 13.2 Å². The lowest BCUT2D eigenvalue weighted by molar-refractivity contribution is 0.0986. The first-order valence-electron chi connectivity index (χ1n) is 5.38. The van der Waals surface area contributed by atoms with E-state index in [1.54, 1.807) is 0 Å². The molecule has 0 aliphatic rings. The molecule has 0 saturated heterocycles. The highest BCUT2D eigenvalue weighted by atomic mass is 35.5. The summed E-state index contributed by atoms with van der Waals surface area (Å²) in [5.74, 6) is -3.18. The summed E-state index contributed by atoms with van der Waals surface area (Å²) >= 11 is 5.95. The van der Waals surface area contributed by atoms with Gasteiger partial charge in [-0.2, -0.15) is 0 Å². The highest BCUT2D eigenvalue weighted by molar-refractivity contribution is 6.33. The molecular weight excluding hydrogens is 277 g/mol. The molecule has 0 fully saturated rings. The van der Waals surface area contributed by atoms with Gasteiger partial charge >= 0.3 is 0 Å². The third-order valence-corrected chi connectivity index (χ3v) is 3.05. The first kappa shape index (κ1) is 13.6. The number of carbonyl (C=O) groups is 1. The van der Waals surface area contributed by atoms with Crippen LogP contribution in [0, 0.1) is 17.5 Å². The minimum Gasteiger partial charge on any atom is -0.292 e. The van der Waals surface area contributed by atoms with Gasteiger partial charge in [0.25, 0.3) is 0 Å². The van der Waals surface area contributed by atoms with E-state index in [0.717, 1.165) is 18.2 Å². The molecule has 0 bridgehead atoms. The zero-order valence-electron chi connectivity index (χ0n) is 9.54. The zero-order valence-corrected chi connectivity index (χ0v) is 10.3. The molecule has 0 amide bonds. The SMILES string of the molecule is O=C(c1ccc(F)c(F)c1)C(Cl)c1ccc(F)cc1. The average Bonchev–Trinajstić information content (AvgIpc) is 2.41. The number of ketones is 1. The van der Waals surface area contributed by atoms with Crippen LogP contribution in [0.3, 0.4) is 0 Å². The number of halogens is 4. The van der Waals surface area contributed by atoms with Gasteiger partial charge in [-0.05, 0) is 35.9 Å². The lowest BCUT2D eigenvalue weighted by Crippen LogP contribution is -2.08. The summed E-state index contributed by atoms with van der Waals surface area (Å²) in [6, 6.07) is 7.87. The Bertz CT molecular complexity index is 611. The van der Waals surface area contributed by atoms with Crippen LogP contribution in [0.2, 0.25) is 0 Å². The molecule has 5 heteroatoms. The van der Waals surface area contributed by atoms with Gasteiger partial charge in [0.15, 0.2) is 17.4 Å². The molecule has 1 unspecified atom stereocenters. The maximum atomic E-state index is 13.0. The summed E-state index contributed by atoms with van der Waals surface area (Å²) in [6.45, 7) is 0. The molecule has 19 heavy (non-hydrogen) atoms. The van der Waals surface area contributed by atoms with Crippen molar-refractivity contribution in [1.82, 2.24) is 0 Å². The third-order valence-electron chi connectivity index (χ3n) is 2.60. The van der Waals surface area contributed by atoms with Crippen LogP contribution in [0.25, 0.3) is 0 Å². The van der Waals surface area contributed by atoms with Crippen LogP contribution < -0.4 is 0 Å². The molecule has 2 rings (SSSR count). The maximum Gasteiger partial charge on any atom is 0.185 e. The Morgan fingerprint density at radius 3 is 2.16 bits per heavy atom. The number of carbonyl (C=O) groups excluding carboxylic acids is 1. The standard InChI is InChI=1S/C14H8ClF3O/c15-13(8-1-4-10(16)5-2-8)14(19)9-3-6-11(17)12(18)7-9/h1-7,13H. The molecule has 0 aliphatic heterocycles. The zero-order chi connectivity index (χ0) is 14.0. The lowest BCUT2D eigenvalue weighted by atomic mass is 10.0. The van der Waals surface area contributed by atoms with Gasteiger partial charge in [-0.1, -0.05) is 12.1 Å². The van der Waals surface area contributed by atoms with E-state index in [2.05, 4.69) is 0 Å². The summed E-state index contributed by atoms with van der Waals surface area (Å²) in [5.41, 5.74) is 0.348. The van der Waals surface area contributed by atoms with Crippen LogP contribution in [0.1, 0.15) is 21.3 Å². The van der Waals surface area contributed by atoms with Gasteiger partial charge in [-0.15, -0.1) is 11.6 Å². The van der Waals surface area contributed by atoms with Gasteiger partial charge < -0.3 is 0 Å². The van der Waals surface area contributed by atoms with Crippen LogP contribution in [0.5, 0.6) is 0 Å². The van der Waals surface area contributed by atoms with E-state index in [9.17, 15) is 18.0 Å². The first-order chi connectivity index (χ1) is 8.99. The first-order valence-corrected chi connectivity index (χ1v) is 5.81. The largest absolute Gasteiger partial charge is 0.292 e. The van der Waals surface area contributed by atoms with Crippen molar-refractivity contribution in [3.8, 4) is 0 Å². The molecule has 0 aromatic heterocycles. The van der Waals surface area contributed by atoms with Crippen molar-refractivity contribution >= 4 is 17.4 Å². The molecule has 0 N–H and O–H groups in total. The molecule has 98 valence electrons. The van der Waals surface area contributed by atoms with Crippen molar-refractivity contribution in [3.05, 3.63) is 71.0 Å². The fourth-order valence-corrected chi connectivity index (χ4v) is 1.85. The minimum atomic E-state index is -1.12. The quantitative estimate of drug-likeness (QED) is 0.608. The molecule has 0 spiro atoms. The predicted molar refractivity (Wildman–Crippen MR) is 65.7 cm³/mol. The van der Waals surface area contributed by atoms with Crippen LogP contribution in [0.15, 0.2) is 42.5 Å². The van der Waals surface area contributed by atoms with Crippen molar-refractivity contribution in [2.24, 2.45) is 0 Å². The second-order valence-corrected chi connectivity index (χ2v) is 4.34. The Morgan fingerprint density at radius 1 is 0.947 bits per heavy atom. The molecule has 1 nitrogen and oxygen atoms in total. The van der Waals surface area contributed by atoms with E-state index >= 15 is 0 Å². The predicted octanol–water partition coefficient (Wildman–Crippen LogP) is 4.27. The second kappa shape index (κ2) is 5.45. The van der Waals surface area contributed by atoms with Crippen molar-refractivity contribution in [3.63, 3.8) is 0 Å². The van der Waals surface area contributed by atoms with E-state index in [1.807, 2.05) is 0 Å². The maximum absolute atomic E-state index is 13.0. The number of alkyl halides is 1. The summed E-state index contributed by atoms with van der Waals surface area (Å²) in [5, 5.41) is -1.08. The van der Waals surface area contributed by atoms with E-state index in [1.165, 1.54) is 24.3 Å². The Morgan fingerprint density at radius 2 is 1.58 bits per heavy atom. The fraction of sp³-hybridized carbons (Fsp3) is 0.0714. The van der Waals surface area contributed by atoms with Gasteiger partial charge in [0.1, 0.15) is 11.2 Å². The molecule has 2 aromatic rings. The highest BCUT2D eigenvalue weighted by Gasteiger charge is 2.20. The monoisotopic (exact) mass is 284 g/mol. The Balaban J connectivity index is 2.28. The fourth-order valence-electron chi connectivity index (χ4n) is 1.58. The highest BCUT2D eigenvalue weighted by Crippen LogP contribution is 2.25. The van der Waals surface area contributed by atoms with E-state index in [4.69, 9.17) is 11.6 Å². The smallest absolute Gasteiger partial charge is 0.185 e. The van der Waals surface area contributed by atoms with Gasteiger partial charge in [0, 0.05) is 5.56 Å². The molecule has 0 saturated carbocycles. The number of hydrogen-bond acceptors (Lipinski definition) is 1. The number of benzene rings is 2. The lowest BCUT2D eigenvalue weighted by Gasteiger charge is -2.09.